The number of carbonyl (C=O) groups is 3. The monoisotopic (exact) mass is 386 g/mol. The van der Waals surface area contributed by atoms with Crippen LogP contribution in [0.25, 0.3) is 10.8 Å². The molecule has 0 aromatic heterocycles. The fraction of sp³-hybridized carbons (Fsp3) is 0.174. The topological polar surface area (TPSA) is 77.9 Å². The molecule has 0 spiro atoms. The van der Waals surface area contributed by atoms with Crippen molar-refractivity contribution < 1.29 is 19.5 Å². The van der Waals surface area contributed by atoms with Crippen LogP contribution < -0.4 is 9.80 Å². The van der Waals surface area contributed by atoms with Gasteiger partial charge in [-0.15, -0.1) is 0 Å². The lowest BCUT2D eigenvalue weighted by Gasteiger charge is -2.29. The maximum atomic E-state index is 13.2. The molecule has 3 aromatic carbocycles. The summed E-state index contributed by atoms with van der Waals surface area (Å²) in [6.07, 6.45) is 2.28. The number of anilines is 2. The number of carboxylic acid groups (broad SMARTS) is 1. The number of rotatable bonds is 3. The normalized spacial score (nSPS) is 16.0. The summed E-state index contributed by atoms with van der Waals surface area (Å²) in [7, 11) is 0. The first kappa shape index (κ1) is 17.4. The Kier molecular flexibility index (Phi) is 3.87. The van der Waals surface area contributed by atoms with E-state index in [1.165, 1.54) is 24.3 Å². The third-order valence-corrected chi connectivity index (χ3v) is 5.70. The Labute approximate surface area is 167 Å². The van der Waals surface area contributed by atoms with Crippen LogP contribution in [0, 0.1) is 0 Å². The van der Waals surface area contributed by atoms with Crippen molar-refractivity contribution in [2.75, 3.05) is 22.9 Å². The van der Waals surface area contributed by atoms with Gasteiger partial charge in [0.1, 0.15) is 0 Å². The van der Waals surface area contributed by atoms with Gasteiger partial charge in [-0.25, -0.2) is 9.69 Å². The third-order valence-electron chi connectivity index (χ3n) is 5.70. The molecule has 0 aliphatic carbocycles. The number of carboxylic acids is 1. The predicted molar refractivity (Wildman–Crippen MR) is 110 cm³/mol. The Morgan fingerprint density at radius 1 is 0.828 bits per heavy atom. The second-order valence-electron chi connectivity index (χ2n) is 7.35. The molecular formula is C23H18N2O4. The van der Waals surface area contributed by atoms with E-state index in [0.29, 0.717) is 22.2 Å². The summed E-state index contributed by atoms with van der Waals surface area (Å²) in [5.41, 5.74) is 2.49. The summed E-state index contributed by atoms with van der Waals surface area (Å²) >= 11 is 0. The number of nitrogens with zero attached hydrogens (tertiary/aromatic N) is 2. The summed E-state index contributed by atoms with van der Waals surface area (Å²) in [4.78, 5) is 41.0. The second-order valence-corrected chi connectivity index (χ2v) is 7.35. The number of hydrogen-bond acceptors (Lipinski definition) is 4. The molecule has 2 aliphatic heterocycles. The van der Waals surface area contributed by atoms with Crippen LogP contribution in [0.1, 0.15) is 43.9 Å². The van der Waals surface area contributed by atoms with E-state index >= 15 is 0 Å². The van der Waals surface area contributed by atoms with E-state index in [1.54, 1.807) is 12.1 Å². The smallest absolute Gasteiger partial charge is 0.335 e. The molecule has 29 heavy (non-hydrogen) atoms. The van der Waals surface area contributed by atoms with Gasteiger partial charge in [0.2, 0.25) is 0 Å². The number of carbonyl (C=O) groups excluding carboxylic acids is 2. The van der Waals surface area contributed by atoms with Crippen molar-refractivity contribution in [3.05, 3.63) is 71.3 Å². The molecule has 1 N–H and O–H groups in total. The molecule has 6 nitrogen and oxygen atoms in total. The molecule has 0 bridgehead atoms. The Bertz CT molecular complexity index is 1160. The summed E-state index contributed by atoms with van der Waals surface area (Å²) in [6, 6.07) is 15.1. The van der Waals surface area contributed by atoms with E-state index in [2.05, 4.69) is 4.90 Å². The average Bonchev–Trinajstić information content (AvgIpc) is 3.26. The molecule has 0 atom stereocenters. The Morgan fingerprint density at radius 3 is 2.14 bits per heavy atom. The van der Waals surface area contributed by atoms with Gasteiger partial charge in [-0.1, -0.05) is 12.1 Å². The Hall–Kier alpha value is -3.67. The van der Waals surface area contributed by atoms with Crippen molar-refractivity contribution in [1.29, 1.82) is 0 Å². The minimum Gasteiger partial charge on any atom is -0.478 e. The first-order valence-corrected chi connectivity index (χ1v) is 9.59. The quantitative estimate of drug-likeness (QED) is 0.690. The number of hydrogen-bond donors (Lipinski definition) is 1. The van der Waals surface area contributed by atoms with Crippen LogP contribution >= 0.6 is 0 Å². The van der Waals surface area contributed by atoms with Gasteiger partial charge in [0.05, 0.1) is 11.3 Å². The number of amides is 2. The minimum atomic E-state index is -1.06. The van der Waals surface area contributed by atoms with Gasteiger partial charge in [0, 0.05) is 40.7 Å². The summed E-state index contributed by atoms with van der Waals surface area (Å²) in [5, 5.41) is 10.7. The summed E-state index contributed by atoms with van der Waals surface area (Å²) in [6.45, 7) is 1.95. The van der Waals surface area contributed by atoms with Crippen molar-refractivity contribution in [2.45, 2.75) is 12.8 Å². The highest BCUT2D eigenvalue weighted by molar-refractivity contribution is 6.36. The molecule has 3 aromatic rings. The molecule has 2 heterocycles. The maximum Gasteiger partial charge on any atom is 0.335 e. The van der Waals surface area contributed by atoms with E-state index in [1.807, 2.05) is 18.2 Å². The molecule has 6 heteroatoms. The van der Waals surface area contributed by atoms with E-state index in [-0.39, 0.29) is 5.56 Å². The average molecular weight is 386 g/mol. The van der Waals surface area contributed by atoms with Gasteiger partial charge >= 0.3 is 5.97 Å². The molecule has 2 aliphatic rings. The lowest BCUT2D eigenvalue weighted by Crippen LogP contribution is -2.40. The SMILES string of the molecule is O=C(O)c1ccc(N2C(=O)c3cccc4c(N5CCCC5)ccc(c34)C2=O)cc1. The molecular weight excluding hydrogens is 368 g/mol. The van der Waals surface area contributed by atoms with Crippen LogP contribution in [-0.4, -0.2) is 36.0 Å². The third kappa shape index (κ3) is 2.60. The van der Waals surface area contributed by atoms with Gasteiger partial charge < -0.3 is 10.0 Å². The Morgan fingerprint density at radius 2 is 1.48 bits per heavy atom. The molecule has 0 saturated carbocycles. The van der Waals surface area contributed by atoms with Crippen molar-refractivity contribution in [3.8, 4) is 0 Å². The lowest BCUT2D eigenvalue weighted by atomic mass is 9.92. The lowest BCUT2D eigenvalue weighted by molar-refractivity contribution is 0.0696. The Balaban J connectivity index is 1.65. The highest BCUT2D eigenvalue weighted by Gasteiger charge is 2.35. The van der Waals surface area contributed by atoms with Gasteiger partial charge in [-0.05, 0) is 55.3 Å². The first-order valence-electron chi connectivity index (χ1n) is 9.59. The zero-order valence-electron chi connectivity index (χ0n) is 15.6. The maximum absolute atomic E-state index is 13.2. The minimum absolute atomic E-state index is 0.100. The van der Waals surface area contributed by atoms with Crippen molar-refractivity contribution >= 4 is 39.9 Å². The first-order chi connectivity index (χ1) is 14.1. The van der Waals surface area contributed by atoms with E-state index in [0.717, 1.165) is 41.9 Å². The van der Waals surface area contributed by atoms with Crippen LogP contribution in [0.2, 0.25) is 0 Å². The van der Waals surface area contributed by atoms with Crippen LogP contribution in [-0.2, 0) is 0 Å². The molecule has 1 fully saturated rings. The van der Waals surface area contributed by atoms with Crippen LogP contribution in [0.15, 0.2) is 54.6 Å². The summed E-state index contributed by atoms with van der Waals surface area (Å²) in [5.74, 6) is -1.85. The van der Waals surface area contributed by atoms with Gasteiger partial charge in [-0.2, -0.15) is 0 Å². The highest BCUT2D eigenvalue weighted by Crippen LogP contribution is 2.38. The number of aromatic carboxylic acids is 1. The molecule has 5 rings (SSSR count). The molecule has 1 saturated heterocycles. The van der Waals surface area contributed by atoms with Gasteiger partial charge in [-0.3, -0.25) is 9.59 Å². The highest BCUT2D eigenvalue weighted by atomic mass is 16.4. The van der Waals surface area contributed by atoms with Crippen molar-refractivity contribution in [2.24, 2.45) is 0 Å². The standard InChI is InChI=1S/C23H18N2O4/c26-21-17-5-3-4-16-19(24-12-1-2-13-24)11-10-18(20(16)17)22(27)25(21)15-8-6-14(7-9-15)23(28)29/h3-11H,1-2,12-13H2,(H,28,29). The zero-order valence-corrected chi connectivity index (χ0v) is 15.6. The molecule has 0 unspecified atom stereocenters. The van der Waals surface area contributed by atoms with E-state index in [9.17, 15) is 14.4 Å². The predicted octanol–water partition coefficient (Wildman–Crippen LogP) is 3.94. The second kappa shape index (κ2) is 6.44. The zero-order chi connectivity index (χ0) is 20.1. The molecule has 144 valence electrons. The molecule has 0 radical (unpaired) electrons. The largest absolute Gasteiger partial charge is 0.478 e. The number of imide groups is 1. The number of benzene rings is 3. The van der Waals surface area contributed by atoms with Gasteiger partial charge in [0.25, 0.3) is 11.8 Å². The fourth-order valence-corrected chi connectivity index (χ4v) is 4.30. The summed E-state index contributed by atoms with van der Waals surface area (Å²) < 4.78 is 0. The van der Waals surface area contributed by atoms with Gasteiger partial charge in [0.15, 0.2) is 0 Å². The van der Waals surface area contributed by atoms with Crippen LogP contribution in [0.5, 0.6) is 0 Å². The fourth-order valence-electron chi connectivity index (χ4n) is 4.30. The van der Waals surface area contributed by atoms with Crippen molar-refractivity contribution in [1.82, 2.24) is 0 Å². The van der Waals surface area contributed by atoms with Crippen molar-refractivity contribution in [3.63, 3.8) is 0 Å². The van der Waals surface area contributed by atoms with E-state index in [4.69, 9.17) is 5.11 Å². The van der Waals surface area contributed by atoms with E-state index < -0.39 is 17.8 Å². The molecule has 2 amide bonds. The van der Waals surface area contributed by atoms with Crippen LogP contribution in [0.4, 0.5) is 11.4 Å². The van der Waals surface area contributed by atoms with Crippen LogP contribution in [0.3, 0.4) is 0 Å².